The molecule has 0 bridgehead atoms. The second kappa shape index (κ2) is 7.40. The SMILES string of the molecule is O=C(C=Cc1ccc([N+](=O)[O-])o1)NNC(=O)c1cc2ccccc2cc1O. The number of aromatic hydroxyl groups is 1. The standard InChI is InChI=1S/C18H13N3O6/c22-15-10-12-4-2-1-3-11(12)9-14(15)18(24)20-19-16(23)7-5-13-6-8-17(27-13)21(25)26/h1-10,22H,(H,19,23)(H,20,24). The summed E-state index contributed by atoms with van der Waals surface area (Å²) in [4.78, 5) is 33.7. The molecule has 0 saturated heterocycles. The summed E-state index contributed by atoms with van der Waals surface area (Å²) in [6, 6.07) is 12.6. The molecule has 1 heterocycles. The Bertz CT molecular complexity index is 1070. The Morgan fingerprint density at radius 3 is 2.44 bits per heavy atom. The number of hydrogen-bond acceptors (Lipinski definition) is 6. The van der Waals surface area contributed by atoms with Crippen LogP contribution in [0.15, 0.2) is 59.0 Å². The Hall–Kier alpha value is -4.14. The van der Waals surface area contributed by atoms with Crippen LogP contribution in [0.5, 0.6) is 5.75 Å². The highest BCUT2D eigenvalue weighted by Gasteiger charge is 2.13. The number of fused-ring (bicyclic) bond motifs is 1. The monoisotopic (exact) mass is 367 g/mol. The maximum atomic E-state index is 12.2. The molecule has 0 atom stereocenters. The van der Waals surface area contributed by atoms with Gasteiger partial charge in [-0.3, -0.25) is 30.6 Å². The third-order valence-corrected chi connectivity index (χ3v) is 3.60. The highest BCUT2D eigenvalue weighted by atomic mass is 16.6. The van der Waals surface area contributed by atoms with Crippen molar-refractivity contribution in [2.24, 2.45) is 0 Å². The number of nitro groups is 1. The molecule has 9 nitrogen and oxygen atoms in total. The summed E-state index contributed by atoms with van der Waals surface area (Å²) in [6.07, 6.45) is 2.24. The Kier molecular flexibility index (Phi) is 4.84. The van der Waals surface area contributed by atoms with Gasteiger partial charge in [-0.2, -0.15) is 0 Å². The lowest BCUT2D eigenvalue weighted by molar-refractivity contribution is -0.402. The number of nitrogens with zero attached hydrogens (tertiary/aromatic N) is 1. The minimum Gasteiger partial charge on any atom is -0.507 e. The van der Waals surface area contributed by atoms with E-state index in [4.69, 9.17) is 4.42 Å². The van der Waals surface area contributed by atoms with Crippen LogP contribution in [0.25, 0.3) is 16.8 Å². The zero-order chi connectivity index (χ0) is 19.4. The molecule has 0 fully saturated rings. The zero-order valence-corrected chi connectivity index (χ0v) is 13.7. The van der Waals surface area contributed by atoms with E-state index in [-0.39, 0.29) is 17.1 Å². The molecule has 0 unspecified atom stereocenters. The first kappa shape index (κ1) is 17.7. The molecule has 0 saturated carbocycles. The van der Waals surface area contributed by atoms with E-state index in [2.05, 4.69) is 10.9 Å². The van der Waals surface area contributed by atoms with Crippen LogP contribution in [-0.4, -0.2) is 21.8 Å². The fraction of sp³-hybridized carbons (Fsp3) is 0. The van der Waals surface area contributed by atoms with Crippen molar-refractivity contribution in [1.29, 1.82) is 0 Å². The van der Waals surface area contributed by atoms with E-state index in [1.165, 1.54) is 24.3 Å². The van der Waals surface area contributed by atoms with Crippen molar-refractivity contribution in [3.8, 4) is 5.75 Å². The van der Waals surface area contributed by atoms with Gasteiger partial charge in [0, 0.05) is 6.08 Å². The van der Waals surface area contributed by atoms with Crippen LogP contribution >= 0.6 is 0 Å². The minimum atomic E-state index is -0.701. The summed E-state index contributed by atoms with van der Waals surface area (Å²) in [5, 5.41) is 22.0. The molecule has 9 heteroatoms. The Morgan fingerprint density at radius 2 is 1.78 bits per heavy atom. The summed E-state index contributed by atoms with van der Waals surface area (Å²) in [7, 11) is 0. The number of carbonyl (C=O) groups excluding carboxylic acids is 2. The van der Waals surface area contributed by atoms with Crippen LogP contribution in [-0.2, 0) is 4.79 Å². The maximum absolute atomic E-state index is 12.2. The van der Waals surface area contributed by atoms with Crippen molar-refractivity contribution < 1.29 is 24.0 Å². The topological polar surface area (TPSA) is 135 Å². The van der Waals surface area contributed by atoms with E-state index in [9.17, 15) is 24.8 Å². The number of phenolic OH excluding ortho intramolecular Hbond substituents is 1. The maximum Gasteiger partial charge on any atom is 0.433 e. The first-order chi connectivity index (χ1) is 12.9. The Morgan fingerprint density at radius 1 is 1.07 bits per heavy atom. The molecule has 0 aliphatic heterocycles. The predicted molar refractivity (Wildman–Crippen MR) is 95.6 cm³/mol. The third kappa shape index (κ3) is 4.10. The van der Waals surface area contributed by atoms with Gasteiger partial charge in [0.05, 0.1) is 11.6 Å². The Labute approximate surface area is 152 Å². The molecule has 0 aliphatic carbocycles. The summed E-state index contributed by atoms with van der Waals surface area (Å²) in [5.41, 5.74) is 4.32. The summed E-state index contributed by atoms with van der Waals surface area (Å²) in [5.74, 6) is -1.96. The van der Waals surface area contributed by atoms with Gasteiger partial charge < -0.3 is 9.52 Å². The molecule has 27 heavy (non-hydrogen) atoms. The molecule has 3 rings (SSSR count). The van der Waals surface area contributed by atoms with Crippen LogP contribution in [0.2, 0.25) is 0 Å². The van der Waals surface area contributed by atoms with E-state index < -0.39 is 22.6 Å². The smallest absolute Gasteiger partial charge is 0.433 e. The number of hydrogen-bond donors (Lipinski definition) is 3. The van der Waals surface area contributed by atoms with Crippen LogP contribution in [0.3, 0.4) is 0 Å². The van der Waals surface area contributed by atoms with Crippen molar-refractivity contribution in [2.75, 3.05) is 0 Å². The highest BCUT2D eigenvalue weighted by Crippen LogP contribution is 2.24. The molecule has 3 N–H and O–H groups in total. The largest absolute Gasteiger partial charge is 0.507 e. The molecule has 3 aromatic rings. The molecular formula is C18H13N3O6. The fourth-order valence-electron chi connectivity index (χ4n) is 2.33. The van der Waals surface area contributed by atoms with Crippen LogP contribution in [0, 0.1) is 10.1 Å². The predicted octanol–water partition coefficient (Wildman–Crippen LogP) is 2.52. The second-order valence-electron chi connectivity index (χ2n) is 5.43. The number of benzene rings is 2. The van der Waals surface area contributed by atoms with Gasteiger partial charge in [0.2, 0.25) is 0 Å². The lowest BCUT2D eigenvalue weighted by atomic mass is 10.1. The van der Waals surface area contributed by atoms with Gasteiger partial charge in [-0.05, 0) is 35.0 Å². The summed E-state index contributed by atoms with van der Waals surface area (Å²) in [6.45, 7) is 0. The third-order valence-electron chi connectivity index (χ3n) is 3.60. The molecule has 1 aromatic heterocycles. The number of furan rings is 1. The molecule has 2 aromatic carbocycles. The highest BCUT2D eigenvalue weighted by molar-refractivity contribution is 6.02. The lowest BCUT2D eigenvalue weighted by Gasteiger charge is -2.08. The van der Waals surface area contributed by atoms with Gasteiger partial charge in [0.25, 0.3) is 11.8 Å². The molecule has 136 valence electrons. The quantitative estimate of drug-likeness (QED) is 0.368. The van der Waals surface area contributed by atoms with Gasteiger partial charge in [-0.25, -0.2) is 0 Å². The summed E-state index contributed by atoms with van der Waals surface area (Å²) >= 11 is 0. The number of amides is 2. The molecule has 2 amide bonds. The second-order valence-corrected chi connectivity index (χ2v) is 5.43. The average Bonchev–Trinajstić information content (AvgIpc) is 3.13. The van der Waals surface area contributed by atoms with Gasteiger partial charge in [-0.1, -0.05) is 24.3 Å². The molecule has 0 radical (unpaired) electrons. The van der Waals surface area contributed by atoms with E-state index in [0.717, 1.165) is 22.9 Å². The van der Waals surface area contributed by atoms with Crippen LogP contribution in [0.4, 0.5) is 5.88 Å². The van der Waals surface area contributed by atoms with E-state index >= 15 is 0 Å². The van der Waals surface area contributed by atoms with Gasteiger partial charge in [-0.15, -0.1) is 0 Å². The van der Waals surface area contributed by atoms with E-state index in [0.29, 0.717) is 0 Å². The fourth-order valence-corrected chi connectivity index (χ4v) is 2.33. The van der Waals surface area contributed by atoms with Crippen molar-refractivity contribution in [1.82, 2.24) is 10.9 Å². The first-order valence-electron chi connectivity index (χ1n) is 7.68. The number of carbonyl (C=O) groups is 2. The van der Waals surface area contributed by atoms with Gasteiger partial charge in [0.15, 0.2) is 0 Å². The summed E-state index contributed by atoms with van der Waals surface area (Å²) < 4.78 is 4.86. The normalized spacial score (nSPS) is 10.8. The van der Waals surface area contributed by atoms with Crippen LogP contribution < -0.4 is 10.9 Å². The lowest BCUT2D eigenvalue weighted by Crippen LogP contribution is -2.40. The van der Waals surface area contributed by atoms with Crippen LogP contribution in [0.1, 0.15) is 16.1 Å². The van der Waals surface area contributed by atoms with Gasteiger partial charge >= 0.3 is 5.88 Å². The van der Waals surface area contributed by atoms with E-state index in [1.807, 2.05) is 6.07 Å². The van der Waals surface area contributed by atoms with Crippen molar-refractivity contribution >= 4 is 34.5 Å². The average molecular weight is 367 g/mol. The zero-order valence-electron chi connectivity index (χ0n) is 13.7. The van der Waals surface area contributed by atoms with Crippen molar-refractivity contribution in [3.63, 3.8) is 0 Å². The first-order valence-corrected chi connectivity index (χ1v) is 7.68. The number of nitrogens with one attached hydrogen (secondary N) is 2. The molecular weight excluding hydrogens is 354 g/mol. The minimum absolute atomic E-state index is 0.000334. The van der Waals surface area contributed by atoms with Crippen molar-refractivity contribution in [2.45, 2.75) is 0 Å². The number of phenols is 1. The Balaban J connectivity index is 1.63. The van der Waals surface area contributed by atoms with E-state index in [1.54, 1.807) is 18.2 Å². The van der Waals surface area contributed by atoms with Gasteiger partial charge in [0.1, 0.15) is 16.4 Å². The molecule has 0 aliphatic rings. The van der Waals surface area contributed by atoms with Crippen molar-refractivity contribution in [3.05, 3.63) is 76.0 Å². The number of rotatable bonds is 4. The number of hydrazine groups is 1. The molecule has 0 spiro atoms.